The van der Waals surface area contributed by atoms with Crippen molar-refractivity contribution in [1.82, 2.24) is 10.2 Å². The lowest BCUT2D eigenvalue weighted by molar-refractivity contribution is -0.125. The standard InChI is InChI=1S/C11H11N3O2S/c12-4-1-2-8-3-5-17-9(8)7-14-10(15)6-13-11(14)16/h3,5H,4,6-7,12H2,(H,13,16). The Balaban J connectivity index is 2.16. The molecule has 88 valence electrons. The summed E-state index contributed by atoms with van der Waals surface area (Å²) in [4.78, 5) is 24.9. The van der Waals surface area contributed by atoms with Gasteiger partial charge in [0.1, 0.15) is 0 Å². The summed E-state index contributed by atoms with van der Waals surface area (Å²) < 4.78 is 0. The molecule has 0 aromatic carbocycles. The van der Waals surface area contributed by atoms with Crippen LogP contribution in [0.2, 0.25) is 0 Å². The van der Waals surface area contributed by atoms with Crippen LogP contribution in [0.3, 0.4) is 0 Å². The van der Waals surface area contributed by atoms with Crippen molar-refractivity contribution in [3.8, 4) is 11.8 Å². The van der Waals surface area contributed by atoms with E-state index in [1.165, 1.54) is 16.2 Å². The highest BCUT2D eigenvalue weighted by molar-refractivity contribution is 7.10. The minimum absolute atomic E-state index is 0.0774. The Morgan fingerprint density at radius 1 is 1.53 bits per heavy atom. The summed E-state index contributed by atoms with van der Waals surface area (Å²) in [5, 5.41) is 4.36. The smallest absolute Gasteiger partial charge is 0.324 e. The van der Waals surface area contributed by atoms with Gasteiger partial charge in [-0.3, -0.25) is 9.69 Å². The number of carbonyl (C=O) groups is 2. The molecule has 0 saturated carbocycles. The lowest BCUT2D eigenvalue weighted by atomic mass is 10.2. The zero-order valence-corrected chi connectivity index (χ0v) is 9.84. The molecular weight excluding hydrogens is 238 g/mol. The van der Waals surface area contributed by atoms with E-state index in [-0.39, 0.29) is 25.0 Å². The normalized spacial score (nSPS) is 14.5. The summed E-state index contributed by atoms with van der Waals surface area (Å²) in [6, 6.07) is 1.52. The van der Waals surface area contributed by atoms with Gasteiger partial charge in [0, 0.05) is 10.4 Å². The maximum Gasteiger partial charge on any atom is 0.324 e. The van der Waals surface area contributed by atoms with Crippen LogP contribution >= 0.6 is 11.3 Å². The Kier molecular flexibility index (Phi) is 3.42. The van der Waals surface area contributed by atoms with Crippen LogP contribution in [-0.2, 0) is 11.3 Å². The number of urea groups is 1. The number of amides is 3. The van der Waals surface area contributed by atoms with E-state index >= 15 is 0 Å². The fourth-order valence-electron chi connectivity index (χ4n) is 1.48. The van der Waals surface area contributed by atoms with Crippen LogP contribution in [-0.4, -0.2) is 29.9 Å². The van der Waals surface area contributed by atoms with E-state index in [1.54, 1.807) is 0 Å². The second-order valence-corrected chi connectivity index (χ2v) is 4.40. The van der Waals surface area contributed by atoms with Crippen LogP contribution < -0.4 is 11.1 Å². The fourth-order valence-corrected chi connectivity index (χ4v) is 2.30. The van der Waals surface area contributed by atoms with Gasteiger partial charge in [0.2, 0.25) is 5.91 Å². The molecule has 6 heteroatoms. The predicted molar refractivity (Wildman–Crippen MR) is 64.2 cm³/mol. The second kappa shape index (κ2) is 4.99. The van der Waals surface area contributed by atoms with Crippen molar-refractivity contribution >= 4 is 23.3 Å². The molecule has 1 aromatic rings. The molecule has 0 atom stereocenters. The number of thiophene rings is 1. The highest BCUT2D eigenvalue weighted by Gasteiger charge is 2.29. The molecule has 1 aliphatic heterocycles. The number of nitrogens with two attached hydrogens (primary N) is 1. The van der Waals surface area contributed by atoms with Gasteiger partial charge in [-0.15, -0.1) is 11.3 Å². The molecule has 0 bridgehead atoms. The van der Waals surface area contributed by atoms with Gasteiger partial charge >= 0.3 is 6.03 Å². The van der Waals surface area contributed by atoms with Crippen molar-refractivity contribution in [2.75, 3.05) is 13.1 Å². The molecule has 0 spiro atoms. The van der Waals surface area contributed by atoms with Crippen molar-refractivity contribution in [3.05, 3.63) is 21.9 Å². The van der Waals surface area contributed by atoms with Crippen molar-refractivity contribution in [2.45, 2.75) is 6.54 Å². The van der Waals surface area contributed by atoms with Crippen molar-refractivity contribution < 1.29 is 9.59 Å². The van der Waals surface area contributed by atoms with E-state index in [0.717, 1.165) is 10.4 Å². The highest BCUT2D eigenvalue weighted by atomic mass is 32.1. The molecule has 3 N–H and O–H groups in total. The largest absolute Gasteiger partial charge is 0.329 e. The molecule has 0 aliphatic carbocycles. The van der Waals surface area contributed by atoms with Gasteiger partial charge in [-0.2, -0.15) is 0 Å². The van der Waals surface area contributed by atoms with Crippen LogP contribution in [0.4, 0.5) is 4.79 Å². The molecule has 1 saturated heterocycles. The summed E-state index contributed by atoms with van der Waals surface area (Å²) in [7, 11) is 0. The summed E-state index contributed by atoms with van der Waals surface area (Å²) in [5.74, 6) is 5.47. The molecule has 2 heterocycles. The molecule has 3 amide bonds. The maximum atomic E-state index is 11.4. The van der Waals surface area contributed by atoms with Gasteiger partial charge in [-0.1, -0.05) is 11.8 Å². The first-order valence-electron chi connectivity index (χ1n) is 5.06. The van der Waals surface area contributed by atoms with E-state index in [1.807, 2.05) is 11.4 Å². The van der Waals surface area contributed by atoms with E-state index < -0.39 is 0 Å². The molecular formula is C11H11N3O2S. The van der Waals surface area contributed by atoms with Crippen LogP contribution in [0.25, 0.3) is 0 Å². The van der Waals surface area contributed by atoms with Crippen molar-refractivity contribution in [1.29, 1.82) is 0 Å². The van der Waals surface area contributed by atoms with Crippen molar-refractivity contribution in [2.24, 2.45) is 5.73 Å². The first-order chi connectivity index (χ1) is 8.22. The van der Waals surface area contributed by atoms with Gasteiger partial charge < -0.3 is 11.1 Å². The second-order valence-electron chi connectivity index (χ2n) is 3.40. The zero-order valence-electron chi connectivity index (χ0n) is 9.03. The monoisotopic (exact) mass is 249 g/mol. The summed E-state index contributed by atoms with van der Waals surface area (Å²) >= 11 is 1.47. The molecule has 0 unspecified atom stereocenters. The first kappa shape index (κ1) is 11.6. The van der Waals surface area contributed by atoms with Crippen LogP contribution in [0.15, 0.2) is 11.4 Å². The summed E-state index contributed by atoms with van der Waals surface area (Å²) in [6.07, 6.45) is 0. The molecule has 1 fully saturated rings. The third-order valence-corrected chi connectivity index (χ3v) is 3.21. The molecule has 2 rings (SSSR count). The number of imide groups is 1. The Hall–Kier alpha value is -1.84. The van der Waals surface area contributed by atoms with Crippen molar-refractivity contribution in [3.63, 3.8) is 0 Å². The SMILES string of the molecule is NCC#Cc1ccsc1CN1C(=O)CNC1=O. The van der Waals surface area contributed by atoms with E-state index in [4.69, 9.17) is 5.73 Å². The molecule has 1 aliphatic rings. The third kappa shape index (κ3) is 2.46. The minimum atomic E-state index is -0.346. The number of hydrogen-bond acceptors (Lipinski definition) is 4. The number of nitrogens with one attached hydrogen (secondary N) is 1. The Morgan fingerprint density at radius 3 is 3.00 bits per heavy atom. The van der Waals surface area contributed by atoms with Crippen LogP contribution in [0.5, 0.6) is 0 Å². The zero-order chi connectivity index (χ0) is 12.3. The maximum absolute atomic E-state index is 11.4. The predicted octanol–water partition coefficient (Wildman–Crippen LogP) is 0.110. The Labute approximate surface area is 103 Å². The number of rotatable bonds is 2. The number of carbonyl (C=O) groups excluding carboxylic acids is 2. The minimum Gasteiger partial charge on any atom is -0.329 e. The number of nitrogens with zero attached hydrogens (tertiary/aromatic N) is 1. The average Bonchev–Trinajstić information content (AvgIpc) is 2.88. The number of hydrogen-bond donors (Lipinski definition) is 2. The topological polar surface area (TPSA) is 75.4 Å². The third-order valence-electron chi connectivity index (χ3n) is 2.31. The van der Waals surface area contributed by atoms with Crippen LogP contribution in [0, 0.1) is 11.8 Å². The Bertz CT molecular complexity index is 496. The first-order valence-corrected chi connectivity index (χ1v) is 5.94. The van der Waals surface area contributed by atoms with Gasteiger partial charge in [0.05, 0.1) is 19.6 Å². The van der Waals surface area contributed by atoms with Gasteiger partial charge in [0.25, 0.3) is 0 Å². The fraction of sp³-hybridized carbons (Fsp3) is 0.273. The van der Waals surface area contributed by atoms with E-state index in [2.05, 4.69) is 17.2 Å². The van der Waals surface area contributed by atoms with Crippen LogP contribution in [0.1, 0.15) is 10.4 Å². The molecule has 1 aromatic heterocycles. The highest BCUT2D eigenvalue weighted by Crippen LogP contribution is 2.19. The van der Waals surface area contributed by atoms with Gasteiger partial charge in [0.15, 0.2) is 0 Å². The van der Waals surface area contributed by atoms with E-state index in [9.17, 15) is 9.59 Å². The van der Waals surface area contributed by atoms with E-state index in [0.29, 0.717) is 6.54 Å². The lowest BCUT2D eigenvalue weighted by Crippen LogP contribution is -2.30. The summed E-state index contributed by atoms with van der Waals surface area (Å²) in [5.41, 5.74) is 6.13. The average molecular weight is 249 g/mol. The quantitative estimate of drug-likeness (QED) is 0.577. The lowest BCUT2D eigenvalue weighted by Gasteiger charge is -2.10. The van der Waals surface area contributed by atoms with Gasteiger partial charge in [-0.25, -0.2) is 4.79 Å². The molecule has 0 radical (unpaired) electrons. The molecule has 5 nitrogen and oxygen atoms in total. The molecule has 17 heavy (non-hydrogen) atoms. The summed E-state index contributed by atoms with van der Waals surface area (Å²) in [6.45, 7) is 0.642. The Morgan fingerprint density at radius 2 is 2.35 bits per heavy atom. The van der Waals surface area contributed by atoms with Gasteiger partial charge in [-0.05, 0) is 11.4 Å².